The fourth-order valence-electron chi connectivity index (χ4n) is 1.97. The van der Waals surface area contributed by atoms with Gasteiger partial charge in [-0.3, -0.25) is 0 Å². The molecule has 0 bridgehead atoms. The molecule has 0 heterocycles. The van der Waals surface area contributed by atoms with Crippen molar-refractivity contribution in [1.82, 2.24) is 0 Å². The minimum absolute atomic E-state index is 0.0423. The number of ether oxygens (including phenoxy) is 1. The van der Waals surface area contributed by atoms with Crippen molar-refractivity contribution in [3.05, 3.63) is 63.1 Å². The summed E-state index contributed by atoms with van der Waals surface area (Å²) in [4.78, 5) is 0. The highest BCUT2D eigenvalue weighted by atomic mass is 79.9. The largest absolute Gasteiger partial charge is 0.489 e. The van der Waals surface area contributed by atoms with Crippen molar-refractivity contribution in [2.45, 2.75) is 26.0 Å². The minimum Gasteiger partial charge on any atom is -0.489 e. The fraction of sp³-hybridized carbons (Fsp3) is 0.250. The van der Waals surface area contributed by atoms with Gasteiger partial charge in [0.15, 0.2) is 0 Å². The van der Waals surface area contributed by atoms with Crippen LogP contribution >= 0.6 is 27.5 Å². The molecule has 1 atom stereocenters. The number of benzene rings is 2. The van der Waals surface area contributed by atoms with Crippen LogP contribution in [0.5, 0.6) is 5.75 Å². The van der Waals surface area contributed by atoms with Crippen molar-refractivity contribution in [3.8, 4) is 5.75 Å². The smallest absolute Gasteiger partial charge is 0.124 e. The van der Waals surface area contributed by atoms with Gasteiger partial charge in [0.05, 0.1) is 0 Å². The molecule has 0 aromatic heterocycles. The molecular weight excluding hydrogens is 338 g/mol. The molecule has 0 amide bonds. The van der Waals surface area contributed by atoms with Crippen LogP contribution in [0.4, 0.5) is 0 Å². The molecule has 2 aromatic carbocycles. The minimum atomic E-state index is 0.0423. The van der Waals surface area contributed by atoms with E-state index in [-0.39, 0.29) is 6.04 Å². The number of rotatable bonds is 5. The molecule has 0 radical (unpaired) electrons. The zero-order chi connectivity index (χ0) is 14.5. The molecule has 0 aliphatic heterocycles. The lowest BCUT2D eigenvalue weighted by Gasteiger charge is -2.15. The lowest BCUT2D eigenvalue weighted by atomic mass is 10.1. The number of nitrogens with two attached hydrogens (primary N) is 1. The molecule has 2 nitrogen and oxygen atoms in total. The van der Waals surface area contributed by atoms with Crippen LogP contribution in [0.2, 0.25) is 5.02 Å². The molecule has 2 N–H and O–H groups in total. The van der Waals surface area contributed by atoms with Gasteiger partial charge in [0.1, 0.15) is 12.4 Å². The third-order valence-corrected chi connectivity index (χ3v) is 4.07. The Morgan fingerprint density at radius 2 is 1.95 bits per heavy atom. The summed E-state index contributed by atoms with van der Waals surface area (Å²) in [6.07, 6.45) is 0.699. The van der Waals surface area contributed by atoms with Crippen molar-refractivity contribution >= 4 is 27.5 Å². The first kappa shape index (κ1) is 15.4. The van der Waals surface area contributed by atoms with E-state index in [1.807, 2.05) is 49.4 Å². The maximum atomic E-state index is 6.24. The van der Waals surface area contributed by atoms with Crippen LogP contribution in [-0.2, 0) is 13.0 Å². The third kappa shape index (κ3) is 3.98. The van der Waals surface area contributed by atoms with Crippen LogP contribution in [0.3, 0.4) is 0 Å². The molecule has 20 heavy (non-hydrogen) atoms. The Morgan fingerprint density at radius 1 is 1.20 bits per heavy atom. The Kier molecular flexibility index (Phi) is 5.46. The molecule has 0 saturated carbocycles. The van der Waals surface area contributed by atoms with Gasteiger partial charge < -0.3 is 10.5 Å². The van der Waals surface area contributed by atoms with Crippen molar-refractivity contribution in [2.24, 2.45) is 5.73 Å². The summed E-state index contributed by atoms with van der Waals surface area (Å²) >= 11 is 9.76. The summed E-state index contributed by atoms with van der Waals surface area (Å²) in [5.41, 5.74) is 7.94. The highest BCUT2D eigenvalue weighted by molar-refractivity contribution is 9.10. The number of hydrogen-bond acceptors (Lipinski definition) is 2. The zero-order valence-corrected chi connectivity index (χ0v) is 13.6. The SMILES string of the molecule is CC(N)Cc1c(Cl)cccc1OCc1ccccc1Br. The maximum absolute atomic E-state index is 6.24. The summed E-state index contributed by atoms with van der Waals surface area (Å²) in [7, 11) is 0. The van der Waals surface area contributed by atoms with Gasteiger partial charge in [0, 0.05) is 26.7 Å². The van der Waals surface area contributed by atoms with Gasteiger partial charge in [0.2, 0.25) is 0 Å². The first-order chi connectivity index (χ1) is 9.58. The summed E-state index contributed by atoms with van der Waals surface area (Å²) in [6, 6.07) is 13.7. The van der Waals surface area contributed by atoms with E-state index in [9.17, 15) is 0 Å². The molecule has 106 valence electrons. The second-order valence-corrected chi connectivity index (χ2v) is 6.04. The van der Waals surface area contributed by atoms with Crippen LogP contribution in [0, 0.1) is 0 Å². The normalized spacial score (nSPS) is 12.2. The van der Waals surface area contributed by atoms with Crippen LogP contribution < -0.4 is 10.5 Å². The van der Waals surface area contributed by atoms with Gasteiger partial charge in [-0.25, -0.2) is 0 Å². The first-order valence-electron chi connectivity index (χ1n) is 6.47. The second-order valence-electron chi connectivity index (χ2n) is 4.78. The third-order valence-electron chi connectivity index (χ3n) is 2.94. The lowest BCUT2D eigenvalue weighted by molar-refractivity contribution is 0.301. The predicted molar refractivity (Wildman–Crippen MR) is 87.3 cm³/mol. The van der Waals surface area contributed by atoms with Gasteiger partial charge in [-0.15, -0.1) is 0 Å². The van der Waals surface area contributed by atoms with Crippen molar-refractivity contribution in [2.75, 3.05) is 0 Å². The van der Waals surface area contributed by atoms with Crippen molar-refractivity contribution in [1.29, 1.82) is 0 Å². The molecule has 2 aromatic rings. The average molecular weight is 355 g/mol. The molecule has 1 unspecified atom stereocenters. The van der Waals surface area contributed by atoms with Gasteiger partial charge in [-0.05, 0) is 31.5 Å². The molecule has 0 aliphatic carbocycles. The molecule has 0 aliphatic rings. The number of halogens is 2. The summed E-state index contributed by atoms with van der Waals surface area (Å²) in [5.74, 6) is 0.797. The molecule has 0 fully saturated rings. The van der Waals surface area contributed by atoms with E-state index in [1.165, 1.54) is 0 Å². The van der Waals surface area contributed by atoms with Gasteiger partial charge in [0.25, 0.3) is 0 Å². The Hall–Kier alpha value is -1.03. The Bertz CT molecular complexity index is 586. The molecule has 4 heteroatoms. The summed E-state index contributed by atoms with van der Waals surface area (Å²) in [5, 5.41) is 0.701. The first-order valence-corrected chi connectivity index (χ1v) is 7.64. The Balaban J connectivity index is 2.17. The zero-order valence-electron chi connectivity index (χ0n) is 11.3. The Morgan fingerprint density at radius 3 is 2.65 bits per heavy atom. The molecule has 0 spiro atoms. The van der Waals surface area contributed by atoms with Crippen LogP contribution in [0.25, 0.3) is 0 Å². The van der Waals surface area contributed by atoms with E-state index in [0.29, 0.717) is 18.1 Å². The van der Waals surface area contributed by atoms with Crippen LogP contribution in [0.15, 0.2) is 46.9 Å². The standard InChI is InChI=1S/C16H17BrClNO/c1-11(19)9-13-15(18)7-4-8-16(13)20-10-12-5-2-3-6-14(12)17/h2-8,11H,9-10,19H2,1H3. The summed E-state index contributed by atoms with van der Waals surface area (Å²) in [6.45, 7) is 2.45. The van der Waals surface area contributed by atoms with Crippen LogP contribution in [0.1, 0.15) is 18.1 Å². The van der Waals surface area contributed by atoms with E-state index in [0.717, 1.165) is 21.3 Å². The van der Waals surface area contributed by atoms with Gasteiger partial charge in [-0.2, -0.15) is 0 Å². The lowest BCUT2D eigenvalue weighted by Crippen LogP contribution is -2.18. The topological polar surface area (TPSA) is 35.2 Å². The van der Waals surface area contributed by atoms with E-state index in [1.54, 1.807) is 0 Å². The highest BCUT2D eigenvalue weighted by Gasteiger charge is 2.11. The summed E-state index contributed by atoms with van der Waals surface area (Å²) < 4.78 is 6.95. The second kappa shape index (κ2) is 7.11. The van der Waals surface area contributed by atoms with Crippen molar-refractivity contribution < 1.29 is 4.74 Å². The molecule has 0 saturated heterocycles. The maximum Gasteiger partial charge on any atom is 0.124 e. The van der Waals surface area contributed by atoms with E-state index in [2.05, 4.69) is 15.9 Å². The van der Waals surface area contributed by atoms with Crippen LogP contribution in [-0.4, -0.2) is 6.04 Å². The quantitative estimate of drug-likeness (QED) is 0.853. The van der Waals surface area contributed by atoms with Crippen molar-refractivity contribution in [3.63, 3.8) is 0 Å². The molecular formula is C16H17BrClNO. The van der Waals surface area contributed by atoms with Gasteiger partial charge >= 0.3 is 0 Å². The Labute approximate surface area is 133 Å². The van der Waals surface area contributed by atoms with Gasteiger partial charge in [-0.1, -0.05) is 51.8 Å². The monoisotopic (exact) mass is 353 g/mol. The van der Waals surface area contributed by atoms with E-state index in [4.69, 9.17) is 22.1 Å². The average Bonchev–Trinajstić information content (AvgIpc) is 2.41. The fourth-order valence-corrected chi connectivity index (χ4v) is 2.61. The molecule has 2 rings (SSSR count). The van der Waals surface area contributed by atoms with E-state index >= 15 is 0 Å². The highest BCUT2D eigenvalue weighted by Crippen LogP contribution is 2.29. The van der Waals surface area contributed by atoms with E-state index < -0.39 is 0 Å². The predicted octanol–water partition coefficient (Wildman–Crippen LogP) is 4.57. The number of hydrogen-bond donors (Lipinski definition) is 1.